The van der Waals surface area contributed by atoms with Crippen molar-refractivity contribution in [1.29, 1.82) is 0 Å². The Balaban J connectivity index is 2.45. The van der Waals surface area contributed by atoms with Crippen molar-refractivity contribution < 1.29 is 38.4 Å². The number of benzene rings is 1. The second-order valence-corrected chi connectivity index (χ2v) is 4.48. The minimum absolute atomic E-state index is 0.0149. The Labute approximate surface area is 150 Å². The van der Waals surface area contributed by atoms with E-state index in [-0.39, 0.29) is 35.4 Å². The molecule has 0 fully saturated rings. The highest BCUT2D eigenvalue weighted by Crippen LogP contribution is 2.14. The molecule has 1 rings (SSSR count). The zero-order valence-corrected chi connectivity index (χ0v) is 12.3. The lowest BCUT2D eigenvalue weighted by atomic mass is 10.2. The highest BCUT2D eigenvalue weighted by atomic mass is 16.5. The zero-order valence-electron chi connectivity index (χ0n) is 22.3. The monoisotopic (exact) mass is 332 g/mol. The molecular formula is C16H24N3O4+. The average Bonchev–Trinajstić information content (AvgIpc) is 2.66. The van der Waals surface area contributed by atoms with Crippen molar-refractivity contribution in [3.05, 3.63) is 29.8 Å². The van der Waals surface area contributed by atoms with Gasteiger partial charge in [0, 0.05) is 10.5 Å². The van der Waals surface area contributed by atoms with Crippen LogP contribution in [0.5, 0.6) is 5.75 Å². The molecule has 0 atom stereocenters. The van der Waals surface area contributed by atoms with Crippen LogP contribution in [0.2, 0.25) is 7.06 Å². The molecule has 0 amide bonds. The van der Waals surface area contributed by atoms with E-state index in [0.29, 0.717) is 24.6 Å². The molecule has 0 saturated heterocycles. The zero-order chi connectivity index (χ0) is 25.4. The molecule has 0 unspecified atom stereocenters. The number of hydrogen-bond acceptors (Lipinski definition) is 4. The van der Waals surface area contributed by atoms with Crippen LogP contribution < -0.4 is 21.2 Å². The maximum Gasteiger partial charge on any atom is 0.338 e. The first-order valence-electron chi connectivity index (χ1n) is 11.6. The predicted molar refractivity (Wildman–Crippen MR) is 85.6 cm³/mol. The van der Waals surface area contributed by atoms with Crippen molar-refractivity contribution in [2.75, 3.05) is 13.1 Å². The molecule has 1 aromatic carbocycles. The van der Waals surface area contributed by atoms with Crippen molar-refractivity contribution >= 4 is 17.9 Å². The van der Waals surface area contributed by atoms with Crippen LogP contribution >= 0.6 is 0 Å². The highest BCUT2D eigenvalue weighted by molar-refractivity contribution is 5.89. The third-order valence-corrected chi connectivity index (χ3v) is 2.76. The summed E-state index contributed by atoms with van der Waals surface area (Å²) < 4.78 is 81.2. The second kappa shape index (κ2) is 10.2. The highest BCUT2D eigenvalue weighted by Gasteiger charge is 2.08. The van der Waals surface area contributed by atoms with E-state index < -0.39 is 31.3 Å². The molecule has 0 saturated carbocycles. The fraction of sp³-hybridized carbons (Fsp3) is 0.438. The van der Waals surface area contributed by atoms with Crippen molar-refractivity contribution in [3.63, 3.8) is 0 Å². The van der Waals surface area contributed by atoms with E-state index in [1.54, 1.807) is 0 Å². The van der Waals surface area contributed by atoms with Gasteiger partial charge < -0.3 is 9.47 Å². The number of hydrogen-bond donors (Lipinski definition) is 3. The number of carbonyl (C=O) groups excluding carboxylic acids is 2. The number of ether oxygens (including phenoxy) is 2. The maximum absolute atomic E-state index is 11.9. The van der Waals surface area contributed by atoms with E-state index >= 15 is 0 Å². The largest absolute Gasteiger partial charge is 0.462 e. The minimum atomic E-state index is -3.16. The minimum Gasteiger partial charge on any atom is -0.462 e. The maximum atomic E-state index is 11.9. The van der Waals surface area contributed by atoms with Crippen LogP contribution in [-0.2, 0) is 9.53 Å². The fourth-order valence-corrected chi connectivity index (χ4v) is 1.68. The molecule has 7 heteroatoms. The third kappa shape index (κ3) is 7.85. The van der Waals surface area contributed by atoms with Gasteiger partial charge in [-0.05, 0) is 50.4 Å². The van der Waals surface area contributed by atoms with Crippen LogP contribution in [0.3, 0.4) is 0 Å². The summed E-state index contributed by atoms with van der Waals surface area (Å²) in [6, 6.07) is 4.94. The smallest absolute Gasteiger partial charge is 0.338 e. The van der Waals surface area contributed by atoms with Gasteiger partial charge in [0.15, 0.2) is 0 Å². The van der Waals surface area contributed by atoms with Crippen LogP contribution in [0.25, 0.3) is 0 Å². The predicted octanol–water partition coefficient (Wildman–Crippen LogP) is -0.00750. The normalized spacial score (nSPS) is 17.0. The van der Waals surface area contributed by atoms with Gasteiger partial charge in [0.1, 0.15) is 5.75 Å². The van der Waals surface area contributed by atoms with Gasteiger partial charge in [-0.25, -0.2) is 4.79 Å². The molecule has 0 aromatic heterocycles. The number of nitrogens with two attached hydrogens (primary N) is 2. The Bertz CT molecular complexity index is 842. The van der Waals surface area contributed by atoms with Crippen LogP contribution in [0.1, 0.15) is 49.7 Å². The molecule has 0 aliphatic heterocycles. The Morgan fingerprint density at radius 3 is 2.96 bits per heavy atom. The molecule has 0 aliphatic carbocycles. The number of carbonyl (C=O) groups is 2. The number of unbranched alkanes of at least 4 members (excludes halogenated alkanes) is 2. The summed E-state index contributed by atoms with van der Waals surface area (Å²) in [5, 5.41) is 0.646. The molecular weight excluding hydrogens is 298 g/mol. The van der Waals surface area contributed by atoms with E-state index in [1.165, 1.54) is 24.3 Å². The van der Waals surface area contributed by atoms with Gasteiger partial charge in [-0.2, -0.15) is 0 Å². The molecule has 23 heavy (non-hydrogen) atoms. The SMILES string of the molecule is [2H]N([2H])C(N([2H])CCCCCC(=O)Oc1ccc(C(=O)OC([2H])([2H])C([2H])([2H])[2H])cc1)=[N+]([2H])[2H]. The molecule has 126 valence electrons. The van der Waals surface area contributed by atoms with E-state index in [9.17, 15) is 9.59 Å². The summed E-state index contributed by atoms with van der Waals surface area (Å²) in [5.74, 6) is -2.21. The van der Waals surface area contributed by atoms with Crippen LogP contribution in [-0.4, -0.2) is 31.0 Å². The topological polar surface area (TPSA) is 116 Å². The lowest BCUT2D eigenvalue weighted by Gasteiger charge is -2.06. The summed E-state index contributed by atoms with van der Waals surface area (Å²) in [4.78, 5) is 23.8. The number of nitrogens with one attached hydrogen (secondary N) is 1. The molecule has 7 nitrogen and oxygen atoms in total. The standard InChI is InChI=1S/C16H23N3O4/c1-2-22-15(21)12-7-9-13(10-8-12)23-14(20)6-4-3-5-11-19-16(17)18/h7-10H,2-6,11H2,1H3,(H4,17,18,19)/p+1/i1D3,2D2/hD5. The van der Waals surface area contributed by atoms with Crippen LogP contribution in [0.15, 0.2) is 24.3 Å². The number of guanidine groups is 1. The van der Waals surface area contributed by atoms with Crippen LogP contribution in [0.4, 0.5) is 0 Å². The van der Waals surface area contributed by atoms with Gasteiger partial charge >= 0.3 is 17.9 Å². The second-order valence-electron chi connectivity index (χ2n) is 4.48. The van der Waals surface area contributed by atoms with Crippen molar-refractivity contribution in [2.24, 2.45) is 5.72 Å². The lowest BCUT2D eigenvalue weighted by Crippen LogP contribution is -2.54. The Morgan fingerprint density at radius 2 is 2.26 bits per heavy atom. The quantitative estimate of drug-likeness (QED) is 0.193. The Hall–Kier alpha value is -2.57. The summed E-state index contributed by atoms with van der Waals surface area (Å²) in [6.45, 7) is -6.26. The first-order chi connectivity index (χ1) is 15.2. The summed E-state index contributed by atoms with van der Waals surface area (Å²) in [6.07, 6.45) is 1.36. The van der Waals surface area contributed by atoms with Gasteiger partial charge in [-0.1, -0.05) is 0 Å². The average molecular weight is 332 g/mol. The van der Waals surface area contributed by atoms with Gasteiger partial charge in [-0.3, -0.25) is 21.2 Å². The first-order valence-corrected chi connectivity index (χ1v) is 6.89. The van der Waals surface area contributed by atoms with E-state index in [1.807, 2.05) is 0 Å². The summed E-state index contributed by atoms with van der Waals surface area (Å²) in [7, 11) is 0. The molecule has 5 N–H and O–H groups in total. The summed E-state index contributed by atoms with van der Waals surface area (Å²) in [5.41, 5.74) is -0.143. The van der Waals surface area contributed by atoms with Crippen molar-refractivity contribution in [3.8, 4) is 5.75 Å². The fourth-order valence-electron chi connectivity index (χ4n) is 1.68. The lowest BCUT2D eigenvalue weighted by molar-refractivity contribution is -0.134. The first kappa shape index (κ1) is 8.33. The molecule has 1 aromatic rings. The Kier molecular flexibility index (Phi) is 3.70. The molecule has 0 heterocycles. The molecule has 0 spiro atoms. The Morgan fingerprint density at radius 1 is 1.43 bits per heavy atom. The molecule has 0 aliphatic rings. The van der Waals surface area contributed by atoms with Crippen molar-refractivity contribution in [2.45, 2.75) is 32.5 Å². The van der Waals surface area contributed by atoms with Crippen molar-refractivity contribution in [1.82, 2.24) is 5.31 Å². The van der Waals surface area contributed by atoms with Gasteiger partial charge in [0.2, 0.25) is 0 Å². The third-order valence-electron chi connectivity index (χ3n) is 2.76. The van der Waals surface area contributed by atoms with E-state index in [2.05, 4.69) is 4.74 Å². The van der Waals surface area contributed by atoms with E-state index in [0.717, 1.165) is 0 Å². The van der Waals surface area contributed by atoms with Gasteiger partial charge in [-0.15, -0.1) is 0 Å². The number of esters is 2. The van der Waals surface area contributed by atoms with E-state index in [4.69, 9.17) is 18.6 Å². The summed E-state index contributed by atoms with van der Waals surface area (Å²) >= 11 is 0. The number of rotatable bonds is 9. The van der Waals surface area contributed by atoms with Gasteiger partial charge in [0.25, 0.3) is 7.06 Å². The van der Waals surface area contributed by atoms with Crippen LogP contribution in [0, 0.1) is 0 Å². The molecule has 0 bridgehead atoms. The van der Waals surface area contributed by atoms with Gasteiger partial charge in [0.05, 0.1) is 21.4 Å². The molecule has 0 radical (unpaired) electrons.